The highest BCUT2D eigenvalue weighted by Gasteiger charge is 2.31. The topological polar surface area (TPSA) is 78.5 Å². The first-order valence-corrected chi connectivity index (χ1v) is 12.2. The number of fused-ring (bicyclic) bond motifs is 2. The fourth-order valence-electron chi connectivity index (χ4n) is 4.40. The minimum absolute atomic E-state index is 0.0373. The third-order valence-electron chi connectivity index (χ3n) is 6.33. The van der Waals surface area contributed by atoms with Gasteiger partial charge in [0.2, 0.25) is 0 Å². The summed E-state index contributed by atoms with van der Waals surface area (Å²) >= 11 is 0. The van der Waals surface area contributed by atoms with Crippen LogP contribution in [-0.2, 0) is 15.7 Å². The number of hydrogen-bond donors (Lipinski definition) is 0. The van der Waals surface area contributed by atoms with Crippen LogP contribution in [0.2, 0.25) is 0 Å². The number of nitrogens with zero attached hydrogens (tertiary/aromatic N) is 4. The number of carbonyl (C=O) groups excluding carboxylic acids is 1. The Morgan fingerprint density at radius 3 is 2.51 bits per heavy atom. The van der Waals surface area contributed by atoms with Crippen molar-refractivity contribution < 1.29 is 22.7 Å². The second kappa shape index (κ2) is 10.2. The molecule has 0 N–H and O–H groups in total. The van der Waals surface area contributed by atoms with E-state index in [1.807, 2.05) is 24.3 Å². The average molecular weight is 533 g/mol. The normalized spacial score (nSPS) is 12.8. The van der Waals surface area contributed by atoms with Gasteiger partial charge in [0, 0.05) is 28.2 Å². The Labute approximate surface area is 220 Å². The molecule has 10 heteroatoms. The summed E-state index contributed by atoms with van der Waals surface area (Å²) in [5.41, 5.74) is 0.365. The molecule has 0 spiro atoms. The number of benzene rings is 3. The molecular formula is C29H23F3N4O3. The molecule has 5 aromatic rings. The summed E-state index contributed by atoms with van der Waals surface area (Å²) in [5, 5.41) is 5.44. The molecule has 2 aromatic heterocycles. The smallest absolute Gasteiger partial charge is 0.416 e. The van der Waals surface area contributed by atoms with Crippen molar-refractivity contribution in [3.05, 3.63) is 100 Å². The van der Waals surface area contributed by atoms with Crippen LogP contribution in [0.4, 0.5) is 13.2 Å². The molecule has 39 heavy (non-hydrogen) atoms. The van der Waals surface area contributed by atoms with Crippen LogP contribution in [0.5, 0.6) is 0 Å². The van der Waals surface area contributed by atoms with E-state index >= 15 is 0 Å². The Morgan fingerprint density at radius 1 is 1.05 bits per heavy atom. The van der Waals surface area contributed by atoms with Gasteiger partial charge < -0.3 is 9.30 Å². The molecule has 0 radical (unpaired) electrons. The Bertz CT molecular complexity index is 1790. The zero-order chi connectivity index (χ0) is 27.7. The van der Waals surface area contributed by atoms with Crippen LogP contribution in [0, 0.1) is 0 Å². The summed E-state index contributed by atoms with van der Waals surface area (Å²) in [6, 6.07) is 17.9. The van der Waals surface area contributed by atoms with Crippen LogP contribution in [0.15, 0.2) is 88.9 Å². The van der Waals surface area contributed by atoms with Crippen molar-refractivity contribution in [3.8, 4) is 11.4 Å². The highest BCUT2D eigenvalue weighted by atomic mass is 19.4. The van der Waals surface area contributed by atoms with E-state index in [-0.39, 0.29) is 23.4 Å². The van der Waals surface area contributed by atoms with Gasteiger partial charge in [-0.3, -0.25) is 4.79 Å². The maximum atomic E-state index is 13.5. The molecule has 3 aromatic carbocycles. The van der Waals surface area contributed by atoms with E-state index in [0.717, 1.165) is 27.7 Å². The molecule has 0 bridgehead atoms. The van der Waals surface area contributed by atoms with Crippen molar-refractivity contribution in [1.29, 1.82) is 0 Å². The number of halogens is 3. The molecule has 0 saturated heterocycles. The van der Waals surface area contributed by atoms with Gasteiger partial charge in [-0.2, -0.15) is 22.9 Å². The fraction of sp³-hybridized carbons (Fsp3) is 0.172. The van der Waals surface area contributed by atoms with Gasteiger partial charge >= 0.3 is 12.1 Å². The van der Waals surface area contributed by atoms with E-state index in [9.17, 15) is 22.8 Å². The van der Waals surface area contributed by atoms with Crippen molar-refractivity contribution >= 4 is 34.0 Å². The van der Waals surface area contributed by atoms with Crippen LogP contribution in [0.25, 0.3) is 33.2 Å². The summed E-state index contributed by atoms with van der Waals surface area (Å²) in [5.74, 6) is -0.437. The molecule has 0 aliphatic rings. The maximum absolute atomic E-state index is 13.5. The van der Waals surface area contributed by atoms with E-state index in [1.54, 1.807) is 48.9 Å². The van der Waals surface area contributed by atoms with Gasteiger partial charge in [-0.25, -0.2) is 9.78 Å². The third-order valence-corrected chi connectivity index (χ3v) is 6.33. The first-order valence-electron chi connectivity index (χ1n) is 12.2. The van der Waals surface area contributed by atoms with Crippen molar-refractivity contribution in [1.82, 2.24) is 14.2 Å². The molecule has 198 valence electrons. The zero-order valence-electron chi connectivity index (χ0n) is 21.0. The first kappa shape index (κ1) is 25.9. The van der Waals surface area contributed by atoms with Gasteiger partial charge in [0.25, 0.3) is 5.56 Å². The number of para-hydroxylation sites is 2. The van der Waals surface area contributed by atoms with Gasteiger partial charge in [-0.1, -0.05) is 42.5 Å². The summed E-state index contributed by atoms with van der Waals surface area (Å²) < 4.78 is 48.3. The first-order chi connectivity index (χ1) is 18.7. The maximum Gasteiger partial charge on any atom is 0.416 e. The van der Waals surface area contributed by atoms with E-state index < -0.39 is 29.3 Å². The molecule has 0 saturated carbocycles. The van der Waals surface area contributed by atoms with Crippen LogP contribution in [0.1, 0.15) is 31.0 Å². The van der Waals surface area contributed by atoms with Gasteiger partial charge in [0.05, 0.1) is 29.3 Å². The second-order valence-corrected chi connectivity index (χ2v) is 8.83. The van der Waals surface area contributed by atoms with Crippen LogP contribution in [-0.4, -0.2) is 33.0 Å². The number of esters is 1. The number of ether oxygens (including phenoxy) is 1. The quantitative estimate of drug-likeness (QED) is 0.197. The Hall–Kier alpha value is -4.73. The van der Waals surface area contributed by atoms with Crippen molar-refractivity contribution in [2.45, 2.75) is 26.1 Å². The summed E-state index contributed by atoms with van der Waals surface area (Å²) in [6.07, 6.45) is -1.41. The molecule has 0 unspecified atom stereocenters. The molecule has 0 aliphatic heterocycles. The molecule has 1 atom stereocenters. The number of hydrogen-bond acceptors (Lipinski definition) is 5. The van der Waals surface area contributed by atoms with Gasteiger partial charge in [-0.15, -0.1) is 0 Å². The average Bonchev–Trinajstić information content (AvgIpc) is 3.30. The van der Waals surface area contributed by atoms with E-state index in [0.29, 0.717) is 11.1 Å². The van der Waals surface area contributed by atoms with Crippen molar-refractivity contribution in [2.75, 3.05) is 6.61 Å². The standard InChI is InChI=1S/C29H23F3N4O3/c1-3-39-28(38)18(2)35-17-20(22-11-5-7-14-25(22)35)16-33-36-26(19-9-8-10-21(15-19)29(30,31)32)34-24-13-6-4-12-23(24)27(36)37/h4-18H,3H2,1-2H3/t18-/m0/s1. The lowest BCUT2D eigenvalue weighted by molar-refractivity contribution is -0.146. The largest absolute Gasteiger partial charge is 0.464 e. The summed E-state index contributed by atoms with van der Waals surface area (Å²) in [6.45, 7) is 3.69. The molecule has 5 rings (SSSR count). The fourth-order valence-corrected chi connectivity index (χ4v) is 4.40. The van der Waals surface area contributed by atoms with Crippen LogP contribution in [0.3, 0.4) is 0 Å². The Morgan fingerprint density at radius 2 is 1.77 bits per heavy atom. The summed E-state index contributed by atoms with van der Waals surface area (Å²) in [7, 11) is 0. The van der Waals surface area contributed by atoms with E-state index in [1.165, 1.54) is 18.3 Å². The highest BCUT2D eigenvalue weighted by molar-refractivity contribution is 6.00. The highest BCUT2D eigenvalue weighted by Crippen LogP contribution is 2.32. The molecule has 0 aliphatic carbocycles. The minimum atomic E-state index is -4.57. The zero-order valence-corrected chi connectivity index (χ0v) is 21.0. The van der Waals surface area contributed by atoms with Crippen molar-refractivity contribution in [3.63, 3.8) is 0 Å². The SMILES string of the molecule is CCOC(=O)[C@H](C)n1cc(C=Nn2c(-c3cccc(C(F)(F)F)c3)nc3ccccc3c2=O)c2ccccc21. The predicted octanol–water partition coefficient (Wildman–Crippen LogP) is 6.04. The minimum Gasteiger partial charge on any atom is -0.464 e. The molecular weight excluding hydrogens is 509 g/mol. The molecule has 2 heterocycles. The second-order valence-electron chi connectivity index (χ2n) is 8.83. The number of alkyl halides is 3. The lowest BCUT2D eigenvalue weighted by Crippen LogP contribution is -2.20. The number of aromatic nitrogens is 3. The van der Waals surface area contributed by atoms with E-state index in [4.69, 9.17) is 4.74 Å². The van der Waals surface area contributed by atoms with Crippen molar-refractivity contribution in [2.24, 2.45) is 5.10 Å². The van der Waals surface area contributed by atoms with Gasteiger partial charge in [0.1, 0.15) is 6.04 Å². The molecule has 7 nitrogen and oxygen atoms in total. The van der Waals surface area contributed by atoms with E-state index in [2.05, 4.69) is 10.1 Å². The van der Waals surface area contributed by atoms with Gasteiger partial charge in [-0.05, 0) is 44.2 Å². The Kier molecular flexibility index (Phi) is 6.78. The number of rotatable bonds is 6. The molecule has 0 fully saturated rings. The van der Waals surface area contributed by atoms with Crippen LogP contribution < -0.4 is 5.56 Å². The predicted molar refractivity (Wildman–Crippen MR) is 143 cm³/mol. The lowest BCUT2D eigenvalue weighted by Gasteiger charge is -2.13. The Balaban J connectivity index is 1.68. The van der Waals surface area contributed by atoms with Gasteiger partial charge in [0.15, 0.2) is 5.82 Å². The summed E-state index contributed by atoms with van der Waals surface area (Å²) in [4.78, 5) is 30.4. The lowest BCUT2D eigenvalue weighted by atomic mass is 10.1. The molecule has 0 amide bonds. The van der Waals surface area contributed by atoms with Crippen LogP contribution >= 0.6 is 0 Å². The monoisotopic (exact) mass is 532 g/mol. The number of carbonyl (C=O) groups is 1. The third kappa shape index (κ3) is 4.93.